The molecule has 264 valence electrons. The Labute approximate surface area is 325 Å². The molecule has 0 bridgehead atoms. The van der Waals surface area contributed by atoms with Gasteiger partial charge in [0.05, 0.1) is 11.0 Å². The van der Waals surface area contributed by atoms with Gasteiger partial charge in [-0.3, -0.25) is 4.57 Å². The first kappa shape index (κ1) is 33.0. The Hall–Kier alpha value is -7.63. The molecule has 0 radical (unpaired) electrons. The second kappa shape index (κ2) is 14.3. The van der Waals surface area contributed by atoms with Gasteiger partial charge in [0, 0.05) is 39.0 Å². The molecule has 0 aliphatic carbocycles. The van der Waals surface area contributed by atoms with Crippen molar-refractivity contribution in [3.05, 3.63) is 212 Å². The van der Waals surface area contributed by atoms with Crippen molar-refractivity contribution in [3.63, 3.8) is 0 Å². The third-order valence-corrected chi connectivity index (χ3v) is 10.2. The summed E-state index contributed by atoms with van der Waals surface area (Å²) < 4.78 is 2.18. The first-order valence-corrected chi connectivity index (χ1v) is 18.8. The van der Waals surface area contributed by atoms with E-state index < -0.39 is 0 Å². The normalized spacial score (nSPS) is 11.2. The minimum absolute atomic E-state index is 0.569. The van der Waals surface area contributed by atoms with E-state index in [2.05, 4.69) is 191 Å². The zero-order valence-corrected chi connectivity index (χ0v) is 30.4. The van der Waals surface area contributed by atoms with E-state index in [0.29, 0.717) is 17.6 Å². The Morgan fingerprint density at radius 1 is 0.339 bits per heavy atom. The molecule has 0 unspecified atom stereocenters. The zero-order chi connectivity index (χ0) is 37.3. The molecule has 0 spiro atoms. The number of benzene rings is 8. The molecule has 0 aliphatic rings. The van der Waals surface area contributed by atoms with Crippen LogP contribution in [0.5, 0.6) is 0 Å². The summed E-state index contributed by atoms with van der Waals surface area (Å²) in [5, 5.41) is 2.31. The molecule has 0 amide bonds. The molecule has 10 rings (SSSR count). The standard InChI is InChI=1S/C51H35N5/c1-5-18-36(19-6-1)44-31-17-33-47-48(44)45-30-13-14-32-46(45)56(47)51-53-49(37-20-7-2-8-21-37)52-50(54-51)40-24-15-22-38(34-40)39-23-16-29-43(35-39)55(41-25-9-3-10-26-41)42-27-11-4-12-28-42/h1-35H. The maximum Gasteiger partial charge on any atom is 0.238 e. The summed E-state index contributed by atoms with van der Waals surface area (Å²) >= 11 is 0. The van der Waals surface area contributed by atoms with Gasteiger partial charge in [0.25, 0.3) is 0 Å². The van der Waals surface area contributed by atoms with Gasteiger partial charge in [-0.15, -0.1) is 0 Å². The van der Waals surface area contributed by atoms with Crippen LogP contribution in [-0.2, 0) is 0 Å². The molecule has 0 saturated heterocycles. The van der Waals surface area contributed by atoms with Gasteiger partial charge >= 0.3 is 0 Å². The molecule has 5 nitrogen and oxygen atoms in total. The summed E-state index contributed by atoms with van der Waals surface area (Å²) in [6.07, 6.45) is 0. The summed E-state index contributed by atoms with van der Waals surface area (Å²) in [4.78, 5) is 17.9. The Morgan fingerprint density at radius 2 is 0.821 bits per heavy atom. The molecule has 0 N–H and O–H groups in total. The number of nitrogens with zero attached hydrogens (tertiary/aromatic N) is 5. The fourth-order valence-electron chi connectivity index (χ4n) is 7.67. The Balaban J connectivity index is 1.13. The molecule has 0 atom stereocenters. The van der Waals surface area contributed by atoms with Crippen LogP contribution in [0.25, 0.3) is 72.8 Å². The van der Waals surface area contributed by atoms with Crippen LogP contribution < -0.4 is 4.90 Å². The Morgan fingerprint density at radius 3 is 1.52 bits per heavy atom. The van der Waals surface area contributed by atoms with Gasteiger partial charge in [-0.05, 0) is 76.9 Å². The first-order chi connectivity index (χ1) is 27.8. The van der Waals surface area contributed by atoms with E-state index in [-0.39, 0.29) is 0 Å². The van der Waals surface area contributed by atoms with Crippen LogP contribution in [0.1, 0.15) is 0 Å². The van der Waals surface area contributed by atoms with Crippen molar-refractivity contribution in [2.24, 2.45) is 0 Å². The molecule has 8 aromatic carbocycles. The van der Waals surface area contributed by atoms with Crippen LogP contribution in [0.4, 0.5) is 17.1 Å². The first-order valence-electron chi connectivity index (χ1n) is 18.8. The number of hydrogen-bond acceptors (Lipinski definition) is 4. The second-order valence-corrected chi connectivity index (χ2v) is 13.7. The van der Waals surface area contributed by atoms with Gasteiger partial charge in [0.15, 0.2) is 11.6 Å². The maximum atomic E-state index is 5.27. The summed E-state index contributed by atoms with van der Waals surface area (Å²) in [5.41, 5.74) is 11.7. The lowest BCUT2D eigenvalue weighted by Crippen LogP contribution is -2.09. The number of fused-ring (bicyclic) bond motifs is 3. The molecular formula is C51H35N5. The van der Waals surface area contributed by atoms with Crippen LogP contribution >= 0.6 is 0 Å². The van der Waals surface area contributed by atoms with Crippen LogP contribution in [0.2, 0.25) is 0 Å². The summed E-state index contributed by atoms with van der Waals surface area (Å²) in [5.74, 6) is 1.79. The number of para-hydroxylation sites is 3. The second-order valence-electron chi connectivity index (χ2n) is 13.7. The van der Waals surface area contributed by atoms with Gasteiger partial charge in [-0.2, -0.15) is 9.97 Å². The SMILES string of the molecule is c1ccc(-c2nc(-c3cccc(-c4cccc(N(c5ccccc5)c5ccccc5)c4)c3)nc(-n3c4ccccc4c4c(-c5ccccc5)cccc43)n2)cc1. The molecule has 10 aromatic rings. The van der Waals surface area contributed by atoms with Gasteiger partial charge in [0.1, 0.15) is 0 Å². The van der Waals surface area contributed by atoms with Crippen molar-refractivity contribution in [1.29, 1.82) is 0 Å². The van der Waals surface area contributed by atoms with Crippen LogP contribution in [-0.4, -0.2) is 19.5 Å². The Bertz CT molecular complexity index is 2920. The van der Waals surface area contributed by atoms with E-state index in [9.17, 15) is 0 Å². The van der Waals surface area contributed by atoms with Crippen molar-refractivity contribution >= 4 is 38.9 Å². The lowest BCUT2D eigenvalue weighted by molar-refractivity contribution is 0.953. The van der Waals surface area contributed by atoms with Crippen molar-refractivity contribution in [3.8, 4) is 51.0 Å². The van der Waals surface area contributed by atoms with Crippen molar-refractivity contribution in [1.82, 2.24) is 19.5 Å². The quantitative estimate of drug-likeness (QED) is 0.157. The minimum Gasteiger partial charge on any atom is -0.310 e. The average molecular weight is 718 g/mol. The van der Waals surface area contributed by atoms with Crippen LogP contribution in [0.3, 0.4) is 0 Å². The molecule has 0 aliphatic heterocycles. The van der Waals surface area contributed by atoms with E-state index in [4.69, 9.17) is 15.0 Å². The lowest BCUT2D eigenvalue weighted by atomic mass is 9.99. The molecular weight excluding hydrogens is 683 g/mol. The van der Waals surface area contributed by atoms with E-state index in [1.54, 1.807) is 0 Å². The lowest BCUT2D eigenvalue weighted by Gasteiger charge is -2.26. The molecule has 5 heteroatoms. The predicted molar refractivity (Wildman–Crippen MR) is 231 cm³/mol. The third kappa shape index (κ3) is 6.07. The van der Waals surface area contributed by atoms with Crippen LogP contribution in [0, 0.1) is 0 Å². The molecule has 0 saturated carbocycles. The number of hydrogen-bond donors (Lipinski definition) is 0. The highest BCUT2D eigenvalue weighted by atomic mass is 15.2. The van der Waals surface area contributed by atoms with Crippen molar-refractivity contribution < 1.29 is 0 Å². The van der Waals surface area contributed by atoms with Crippen molar-refractivity contribution in [2.75, 3.05) is 4.90 Å². The van der Waals surface area contributed by atoms with E-state index in [1.807, 2.05) is 30.3 Å². The zero-order valence-electron chi connectivity index (χ0n) is 30.4. The number of rotatable bonds is 8. The molecule has 2 aromatic heterocycles. The number of aromatic nitrogens is 4. The number of anilines is 3. The largest absolute Gasteiger partial charge is 0.310 e. The van der Waals surface area contributed by atoms with Crippen molar-refractivity contribution in [2.45, 2.75) is 0 Å². The molecule has 2 heterocycles. The van der Waals surface area contributed by atoms with Gasteiger partial charge in [-0.1, -0.05) is 158 Å². The maximum absolute atomic E-state index is 5.27. The fourth-order valence-corrected chi connectivity index (χ4v) is 7.67. The highest BCUT2D eigenvalue weighted by molar-refractivity contribution is 6.15. The average Bonchev–Trinajstić information content (AvgIpc) is 3.63. The molecule has 0 fully saturated rings. The van der Waals surface area contributed by atoms with Gasteiger partial charge in [-0.25, -0.2) is 4.98 Å². The summed E-state index contributed by atoms with van der Waals surface area (Å²) in [6, 6.07) is 73.9. The van der Waals surface area contributed by atoms with Gasteiger partial charge < -0.3 is 4.90 Å². The third-order valence-electron chi connectivity index (χ3n) is 10.2. The molecule has 56 heavy (non-hydrogen) atoms. The van der Waals surface area contributed by atoms with Gasteiger partial charge in [0.2, 0.25) is 5.95 Å². The summed E-state index contributed by atoms with van der Waals surface area (Å²) in [6.45, 7) is 0. The predicted octanol–water partition coefficient (Wildman–Crippen LogP) is 13.1. The minimum atomic E-state index is 0.569. The summed E-state index contributed by atoms with van der Waals surface area (Å²) in [7, 11) is 0. The fraction of sp³-hybridized carbons (Fsp3) is 0. The monoisotopic (exact) mass is 717 g/mol. The van der Waals surface area contributed by atoms with E-state index in [0.717, 1.165) is 55.7 Å². The Kier molecular flexibility index (Phi) is 8.43. The van der Waals surface area contributed by atoms with E-state index >= 15 is 0 Å². The highest BCUT2D eigenvalue weighted by Gasteiger charge is 2.20. The smallest absolute Gasteiger partial charge is 0.238 e. The highest BCUT2D eigenvalue weighted by Crippen LogP contribution is 2.39. The van der Waals surface area contributed by atoms with E-state index in [1.165, 1.54) is 16.5 Å². The topological polar surface area (TPSA) is 46.8 Å². The van der Waals surface area contributed by atoms with Crippen LogP contribution in [0.15, 0.2) is 212 Å².